The van der Waals surface area contributed by atoms with E-state index in [1.807, 2.05) is 30.3 Å². The van der Waals surface area contributed by atoms with Gasteiger partial charge in [0.1, 0.15) is 17.2 Å². The Kier molecular flexibility index (Phi) is 4.99. The minimum atomic E-state index is -1.13. The summed E-state index contributed by atoms with van der Waals surface area (Å²) in [5.74, 6) is -0.0595. The second-order valence-corrected chi connectivity index (χ2v) is 12.2. The molecule has 198 valence electrons. The van der Waals surface area contributed by atoms with E-state index in [0.717, 1.165) is 54.8 Å². The number of halogens is 3. The van der Waals surface area contributed by atoms with Crippen molar-refractivity contribution in [2.45, 2.75) is 49.2 Å². The smallest absolute Gasteiger partial charge is 0.250 e. The molecule has 6 nitrogen and oxygen atoms in total. The maximum absolute atomic E-state index is 16.1. The third-order valence-corrected chi connectivity index (χ3v) is 9.81. The van der Waals surface area contributed by atoms with Crippen LogP contribution in [-0.4, -0.2) is 32.9 Å². The molecule has 1 saturated heterocycles. The zero-order valence-electron chi connectivity index (χ0n) is 21.0. The van der Waals surface area contributed by atoms with Crippen molar-refractivity contribution in [3.05, 3.63) is 87.4 Å². The van der Waals surface area contributed by atoms with Crippen molar-refractivity contribution in [3.63, 3.8) is 0 Å². The molecule has 8 rings (SSSR count). The summed E-state index contributed by atoms with van der Waals surface area (Å²) in [5, 5.41) is 3.72. The fourth-order valence-electron chi connectivity index (χ4n) is 7.61. The third-order valence-electron chi connectivity index (χ3n) is 9.28. The van der Waals surface area contributed by atoms with Crippen LogP contribution < -0.4 is 11.1 Å². The number of likely N-dealkylation sites (tertiary alicyclic amines) is 1. The van der Waals surface area contributed by atoms with Crippen LogP contribution in [0.5, 0.6) is 0 Å². The zero-order chi connectivity index (χ0) is 26.6. The van der Waals surface area contributed by atoms with Crippen LogP contribution in [0.2, 0.25) is 10.0 Å². The number of hydrogen-bond donors (Lipinski definition) is 2. The van der Waals surface area contributed by atoms with Crippen molar-refractivity contribution in [1.82, 2.24) is 14.5 Å². The van der Waals surface area contributed by atoms with Gasteiger partial charge >= 0.3 is 0 Å². The standard InChI is InChI=1S/C30H26Cl2FN5O/c31-16-6-8-19-21(12-16)36-29(39)30(19)26(18-2-1-3-20(32)27(18)33)25-24(38(30)14-15-4-5-15)10-11-37-23-9-7-17(34)13-22(23)35-28(25)37/h1-3,6-9,12-13,15,24-26H,4-5,10-11,14,34H2,(H,36,39)/t24-,25+,26-,30+/m0/s1. The van der Waals surface area contributed by atoms with Crippen molar-refractivity contribution < 1.29 is 9.18 Å². The molecule has 1 spiro atoms. The van der Waals surface area contributed by atoms with Crippen LogP contribution in [0.15, 0.2) is 54.6 Å². The van der Waals surface area contributed by atoms with Gasteiger partial charge in [0, 0.05) is 52.9 Å². The molecule has 39 heavy (non-hydrogen) atoms. The Morgan fingerprint density at radius 3 is 2.77 bits per heavy atom. The lowest BCUT2D eigenvalue weighted by molar-refractivity contribution is -0.128. The minimum absolute atomic E-state index is 0.0111. The largest absolute Gasteiger partial charge is 0.399 e. The predicted molar refractivity (Wildman–Crippen MR) is 151 cm³/mol. The topological polar surface area (TPSA) is 76.2 Å². The normalized spacial score (nSPS) is 27.6. The number of nitrogens with two attached hydrogens (primary N) is 1. The van der Waals surface area contributed by atoms with E-state index in [1.165, 1.54) is 0 Å². The number of benzene rings is 3. The number of fused-ring (bicyclic) bond motifs is 7. The molecule has 0 bridgehead atoms. The molecular weight excluding hydrogens is 536 g/mol. The number of anilines is 2. The summed E-state index contributed by atoms with van der Waals surface area (Å²) in [7, 11) is 0. The molecule has 0 radical (unpaired) electrons. The first-order chi connectivity index (χ1) is 18.9. The number of imidazole rings is 1. The van der Waals surface area contributed by atoms with Crippen LogP contribution in [0, 0.1) is 11.7 Å². The van der Waals surface area contributed by atoms with Gasteiger partial charge in [-0.15, -0.1) is 0 Å². The molecule has 4 heterocycles. The van der Waals surface area contributed by atoms with Crippen LogP contribution >= 0.6 is 23.2 Å². The molecule has 1 aromatic heterocycles. The van der Waals surface area contributed by atoms with E-state index >= 15 is 4.39 Å². The Morgan fingerprint density at radius 1 is 1.10 bits per heavy atom. The van der Waals surface area contributed by atoms with E-state index < -0.39 is 17.3 Å². The summed E-state index contributed by atoms with van der Waals surface area (Å²) >= 11 is 12.8. The number of aromatic nitrogens is 2. The summed E-state index contributed by atoms with van der Waals surface area (Å²) in [4.78, 5) is 21.9. The van der Waals surface area contributed by atoms with Crippen molar-refractivity contribution in [2.24, 2.45) is 5.92 Å². The SMILES string of the molecule is Nc1ccc2c(c1)nc1n2CC[C@H]2[C@@H]1[C@H](c1cccc(Cl)c1F)[C@]1(C(=O)Nc3cc(Cl)ccc31)N2CC1CC1. The zero-order valence-corrected chi connectivity index (χ0v) is 22.5. The number of aryl methyl sites for hydroxylation is 1. The van der Waals surface area contributed by atoms with Crippen LogP contribution in [0.1, 0.15) is 48.0 Å². The van der Waals surface area contributed by atoms with E-state index in [-0.39, 0.29) is 22.9 Å². The van der Waals surface area contributed by atoms with Gasteiger partial charge in [0.25, 0.3) is 0 Å². The Balaban J connectivity index is 1.45. The molecule has 4 atom stereocenters. The maximum atomic E-state index is 16.1. The third kappa shape index (κ3) is 3.18. The van der Waals surface area contributed by atoms with E-state index in [9.17, 15) is 4.79 Å². The fourth-order valence-corrected chi connectivity index (χ4v) is 7.97. The van der Waals surface area contributed by atoms with Gasteiger partial charge in [0.05, 0.1) is 16.1 Å². The summed E-state index contributed by atoms with van der Waals surface area (Å²) in [6.45, 7) is 1.52. The molecule has 2 fully saturated rings. The molecule has 3 N–H and O–H groups in total. The molecule has 3 aromatic carbocycles. The van der Waals surface area contributed by atoms with Gasteiger partial charge < -0.3 is 15.6 Å². The number of amides is 1. The maximum Gasteiger partial charge on any atom is 0.250 e. The van der Waals surface area contributed by atoms with E-state index in [1.54, 1.807) is 24.3 Å². The number of hydrogen-bond acceptors (Lipinski definition) is 4. The molecule has 0 unspecified atom stereocenters. The van der Waals surface area contributed by atoms with E-state index in [0.29, 0.717) is 27.9 Å². The second kappa shape index (κ2) is 8.19. The lowest BCUT2D eigenvalue weighted by Crippen LogP contribution is -2.53. The molecule has 1 saturated carbocycles. The van der Waals surface area contributed by atoms with Crippen molar-refractivity contribution >= 4 is 51.5 Å². The molecule has 3 aliphatic heterocycles. The highest BCUT2D eigenvalue weighted by Crippen LogP contribution is 2.64. The summed E-state index contributed by atoms with van der Waals surface area (Å²) < 4.78 is 18.3. The van der Waals surface area contributed by atoms with Crippen LogP contribution in [0.3, 0.4) is 0 Å². The number of carbonyl (C=O) groups excluding carboxylic acids is 1. The highest BCUT2D eigenvalue weighted by molar-refractivity contribution is 6.31. The Morgan fingerprint density at radius 2 is 1.95 bits per heavy atom. The van der Waals surface area contributed by atoms with Gasteiger partial charge in [0.2, 0.25) is 5.91 Å². The molecule has 4 aromatic rings. The Bertz CT molecular complexity index is 1700. The van der Waals surface area contributed by atoms with Gasteiger partial charge in [-0.25, -0.2) is 9.37 Å². The van der Waals surface area contributed by atoms with Gasteiger partial charge in [-0.05, 0) is 67.1 Å². The van der Waals surface area contributed by atoms with Crippen molar-refractivity contribution in [1.29, 1.82) is 0 Å². The average Bonchev–Trinajstić information content (AvgIpc) is 3.50. The summed E-state index contributed by atoms with van der Waals surface area (Å²) in [5.41, 5.74) is 9.41. The number of nitrogen functional groups attached to an aromatic ring is 1. The van der Waals surface area contributed by atoms with Gasteiger partial charge in [-0.3, -0.25) is 9.69 Å². The summed E-state index contributed by atoms with van der Waals surface area (Å²) in [6.07, 6.45) is 3.08. The van der Waals surface area contributed by atoms with Crippen molar-refractivity contribution in [2.75, 3.05) is 17.6 Å². The first-order valence-corrected chi connectivity index (χ1v) is 14.2. The summed E-state index contributed by atoms with van der Waals surface area (Å²) in [6, 6.07) is 16.4. The van der Waals surface area contributed by atoms with E-state index in [2.05, 4.69) is 14.8 Å². The lowest BCUT2D eigenvalue weighted by Gasteiger charge is -2.40. The minimum Gasteiger partial charge on any atom is -0.399 e. The van der Waals surface area contributed by atoms with E-state index in [4.69, 9.17) is 33.9 Å². The first-order valence-electron chi connectivity index (χ1n) is 13.5. The van der Waals surface area contributed by atoms with Gasteiger partial charge in [0.15, 0.2) is 0 Å². The molecular formula is C30H26Cl2FN5O. The highest BCUT2D eigenvalue weighted by Gasteiger charge is 2.69. The highest BCUT2D eigenvalue weighted by atomic mass is 35.5. The number of carbonyl (C=O) groups is 1. The monoisotopic (exact) mass is 561 g/mol. The van der Waals surface area contributed by atoms with Crippen LogP contribution in [0.25, 0.3) is 11.0 Å². The molecule has 1 amide bonds. The number of rotatable bonds is 3. The average molecular weight is 562 g/mol. The predicted octanol–water partition coefficient (Wildman–Crippen LogP) is 6.28. The lowest BCUT2D eigenvalue weighted by atomic mass is 9.70. The van der Waals surface area contributed by atoms with Gasteiger partial charge in [-0.1, -0.05) is 41.4 Å². The van der Waals surface area contributed by atoms with Gasteiger partial charge in [-0.2, -0.15) is 0 Å². The Labute approximate surface area is 234 Å². The van der Waals surface area contributed by atoms with Crippen LogP contribution in [0.4, 0.5) is 15.8 Å². The number of nitrogens with one attached hydrogen (secondary N) is 1. The molecule has 1 aliphatic carbocycles. The fraction of sp³-hybridized carbons (Fsp3) is 0.333. The first kappa shape index (κ1) is 23.7. The quantitative estimate of drug-likeness (QED) is 0.289. The van der Waals surface area contributed by atoms with Crippen molar-refractivity contribution in [3.8, 4) is 0 Å². The molecule has 4 aliphatic rings. The molecule has 9 heteroatoms. The Hall–Kier alpha value is -3.13. The second-order valence-electron chi connectivity index (χ2n) is 11.4. The number of nitrogens with zero attached hydrogens (tertiary/aromatic N) is 3. The van der Waals surface area contributed by atoms with Crippen LogP contribution in [-0.2, 0) is 16.9 Å².